The molecule has 1 aromatic heterocycles. The van der Waals surface area contributed by atoms with Gasteiger partial charge in [-0.15, -0.1) is 0 Å². The molecular formula is C12H19BrN2O. The molecule has 1 aliphatic heterocycles. The van der Waals surface area contributed by atoms with E-state index in [9.17, 15) is 0 Å². The van der Waals surface area contributed by atoms with Crippen LogP contribution in [0.2, 0.25) is 0 Å². The van der Waals surface area contributed by atoms with Crippen LogP contribution < -0.4 is 5.32 Å². The largest absolute Gasteiger partial charge is 0.453 e. The van der Waals surface area contributed by atoms with Gasteiger partial charge in [0.15, 0.2) is 4.67 Å². The van der Waals surface area contributed by atoms with Crippen molar-refractivity contribution in [3.05, 3.63) is 22.6 Å². The molecule has 1 unspecified atom stereocenters. The molecule has 1 aliphatic rings. The zero-order chi connectivity index (χ0) is 11.4. The van der Waals surface area contributed by atoms with Crippen LogP contribution in [0.15, 0.2) is 21.2 Å². The van der Waals surface area contributed by atoms with Crippen molar-refractivity contribution in [3.8, 4) is 0 Å². The molecule has 1 saturated heterocycles. The summed E-state index contributed by atoms with van der Waals surface area (Å²) in [4.78, 5) is 2.50. The lowest BCUT2D eigenvalue weighted by molar-refractivity contribution is 0.196. The van der Waals surface area contributed by atoms with Crippen LogP contribution in [0.25, 0.3) is 0 Å². The van der Waals surface area contributed by atoms with Gasteiger partial charge in [-0.3, -0.25) is 0 Å². The highest BCUT2D eigenvalue weighted by Gasteiger charge is 2.18. The van der Waals surface area contributed by atoms with Crippen molar-refractivity contribution in [2.75, 3.05) is 19.6 Å². The number of hydrogen-bond acceptors (Lipinski definition) is 3. The molecule has 0 aliphatic carbocycles. The van der Waals surface area contributed by atoms with Crippen molar-refractivity contribution in [1.82, 2.24) is 10.2 Å². The number of nitrogens with zero attached hydrogens (tertiary/aromatic N) is 1. The standard InChI is InChI=1S/C12H19BrN2O/c1-2-15-7-3-4-10(9-15)14-8-11-5-6-12(13)16-11/h5-6,10,14H,2-4,7-9H2,1H3. The van der Waals surface area contributed by atoms with Gasteiger partial charge < -0.3 is 14.6 Å². The van der Waals surface area contributed by atoms with E-state index >= 15 is 0 Å². The number of furan rings is 1. The number of likely N-dealkylation sites (N-methyl/N-ethyl adjacent to an activating group) is 1. The van der Waals surface area contributed by atoms with Gasteiger partial charge in [-0.25, -0.2) is 0 Å². The van der Waals surface area contributed by atoms with Gasteiger partial charge >= 0.3 is 0 Å². The Balaban J connectivity index is 1.77. The maximum absolute atomic E-state index is 5.47. The number of hydrogen-bond donors (Lipinski definition) is 1. The molecule has 0 aromatic carbocycles. The van der Waals surface area contributed by atoms with E-state index in [4.69, 9.17) is 4.42 Å². The van der Waals surface area contributed by atoms with Gasteiger partial charge in [-0.05, 0) is 54.0 Å². The summed E-state index contributed by atoms with van der Waals surface area (Å²) in [5, 5.41) is 3.56. The van der Waals surface area contributed by atoms with Crippen LogP contribution in [0.4, 0.5) is 0 Å². The predicted molar refractivity (Wildman–Crippen MR) is 68.4 cm³/mol. The Morgan fingerprint density at radius 2 is 2.44 bits per heavy atom. The second-order valence-electron chi connectivity index (χ2n) is 4.32. The minimum atomic E-state index is 0.609. The van der Waals surface area contributed by atoms with Crippen molar-refractivity contribution >= 4 is 15.9 Å². The van der Waals surface area contributed by atoms with E-state index in [1.54, 1.807) is 0 Å². The molecule has 1 fully saturated rings. The van der Waals surface area contributed by atoms with Crippen LogP contribution in [0.5, 0.6) is 0 Å². The first-order valence-electron chi connectivity index (χ1n) is 5.98. The van der Waals surface area contributed by atoms with Crippen molar-refractivity contribution in [1.29, 1.82) is 0 Å². The number of rotatable bonds is 4. The average Bonchev–Trinajstić information content (AvgIpc) is 2.73. The minimum absolute atomic E-state index is 0.609. The Labute approximate surface area is 105 Å². The molecule has 2 heterocycles. The molecule has 0 spiro atoms. The van der Waals surface area contributed by atoms with Crippen molar-refractivity contribution in [3.63, 3.8) is 0 Å². The normalized spacial score (nSPS) is 22.5. The molecule has 90 valence electrons. The first kappa shape index (κ1) is 12.1. The van der Waals surface area contributed by atoms with Crippen molar-refractivity contribution in [2.45, 2.75) is 32.4 Å². The average molecular weight is 287 g/mol. The lowest BCUT2D eigenvalue weighted by Gasteiger charge is -2.32. The Morgan fingerprint density at radius 3 is 3.12 bits per heavy atom. The number of likely N-dealkylation sites (tertiary alicyclic amines) is 1. The lowest BCUT2D eigenvalue weighted by Crippen LogP contribution is -2.45. The number of nitrogens with one attached hydrogen (secondary N) is 1. The topological polar surface area (TPSA) is 28.4 Å². The van der Waals surface area contributed by atoms with Gasteiger partial charge in [-0.2, -0.15) is 0 Å². The first-order valence-corrected chi connectivity index (χ1v) is 6.77. The van der Waals surface area contributed by atoms with Crippen LogP contribution in [0.3, 0.4) is 0 Å². The summed E-state index contributed by atoms with van der Waals surface area (Å²) < 4.78 is 6.28. The van der Waals surface area contributed by atoms with Gasteiger partial charge in [0.2, 0.25) is 0 Å². The van der Waals surface area contributed by atoms with Crippen LogP contribution in [-0.2, 0) is 6.54 Å². The summed E-state index contributed by atoms with van der Waals surface area (Å²) in [5.74, 6) is 1.00. The molecule has 1 aromatic rings. The maximum atomic E-state index is 5.47. The van der Waals surface area contributed by atoms with Gasteiger partial charge in [-0.1, -0.05) is 6.92 Å². The molecule has 0 bridgehead atoms. The van der Waals surface area contributed by atoms with Crippen LogP contribution in [0, 0.1) is 0 Å². The Morgan fingerprint density at radius 1 is 1.56 bits per heavy atom. The van der Waals surface area contributed by atoms with Crippen molar-refractivity contribution < 1.29 is 4.42 Å². The van der Waals surface area contributed by atoms with Crippen LogP contribution >= 0.6 is 15.9 Å². The monoisotopic (exact) mass is 286 g/mol. The third kappa shape index (κ3) is 3.34. The van der Waals surface area contributed by atoms with E-state index in [2.05, 4.69) is 33.1 Å². The summed E-state index contributed by atoms with van der Waals surface area (Å²) >= 11 is 3.32. The molecule has 1 atom stereocenters. The second kappa shape index (κ2) is 5.84. The molecule has 4 heteroatoms. The zero-order valence-corrected chi connectivity index (χ0v) is 11.3. The molecule has 0 saturated carbocycles. The van der Waals surface area contributed by atoms with Gasteiger partial charge in [0.05, 0.1) is 6.54 Å². The van der Waals surface area contributed by atoms with Gasteiger partial charge in [0.25, 0.3) is 0 Å². The van der Waals surface area contributed by atoms with E-state index in [1.165, 1.54) is 25.9 Å². The fraction of sp³-hybridized carbons (Fsp3) is 0.667. The van der Waals surface area contributed by atoms with Crippen molar-refractivity contribution in [2.24, 2.45) is 0 Å². The van der Waals surface area contributed by atoms with E-state index in [0.717, 1.165) is 23.5 Å². The summed E-state index contributed by atoms with van der Waals surface area (Å²) in [6.45, 7) is 6.63. The third-order valence-electron chi connectivity index (χ3n) is 3.15. The summed E-state index contributed by atoms with van der Waals surface area (Å²) in [6.07, 6.45) is 2.58. The van der Waals surface area contributed by atoms with Gasteiger partial charge in [0, 0.05) is 12.6 Å². The van der Waals surface area contributed by atoms with E-state index in [-0.39, 0.29) is 0 Å². The Bertz CT molecular complexity index is 327. The number of halogens is 1. The summed E-state index contributed by atoms with van der Waals surface area (Å²) in [5.41, 5.74) is 0. The van der Waals surface area contributed by atoms with E-state index in [0.29, 0.717) is 6.04 Å². The highest BCUT2D eigenvalue weighted by molar-refractivity contribution is 9.10. The molecule has 16 heavy (non-hydrogen) atoms. The summed E-state index contributed by atoms with van der Waals surface area (Å²) in [6, 6.07) is 4.56. The maximum Gasteiger partial charge on any atom is 0.169 e. The SMILES string of the molecule is CCN1CCCC(NCc2ccc(Br)o2)C1. The van der Waals surface area contributed by atoms with Gasteiger partial charge in [0.1, 0.15) is 5.76 Å². The fourth-order valence-electron chi connectivity index (χ4n) is 2.20. The molecule has 0 radical (unpaired) electrons. The molecule has 2 rings (SSSR count). The van der Waals surface area contributed by atoms with Crippen LogP contribution in [-0.4, -0.2) is 30.6 Å². The lowest BCUT2D eigenvalue weighted by atomic mass is 10.1. The van der Waals surface area contributed by atoms with E-state index < -0.39 is 0 Å². The fourth-order valence-corrected chi connectivity index (χ4v) is 2.54. The highest BCUT2D eigenvalue weighted by atomic mass is 79.9. The zero-order valence-electron chi connectivity index (χ0n) is 9.71. The Kier molecular flexibility index (Phi) is 4.44. The number of piperidine rings is 1. The molecule has 3 nitrogen and oxygen atoms in total. The summed E-state index contributed by atoms with van der Waals surface area (Å²) in [7, 11) is 0. The second-order valence-corrected chi connectivity index (χ2v) is 5.10. The molecular weight excluding hydrogens is 268 g/mol. The first-order chi connectivity index (χ1) is 7.78. The molecule has 1 N–H and O–H groups in total. The quantitative estimate of drug-likeness (QED) is 0.922. The van der Waals surface area contributed by atoms with E-state index in [1.807, 2.05) is 12.1 Å². The minimum Gasteiger partial charge on any atom is -0.453 e. The van der Waals surface area contributed by atoms with Crippen LogP contribution in [0.1, 0.15) is 25.5 Å². The predicted octanol–water partition coefficient (Wildman–Crippen LogP) is 2.62. The molecule has 0 amide bonds. The highest BCUT2D eigenvalue weighted by Crippen LogP contribution is 2.15. The smallest absolute Gasteiger partial charge is 0.169 e. The Hall–Kier alpha value is -0.320. The third-order valence-corrected chi connectivity index (χ3v) is 3.57.